The maximum Gasteiger partial charge on any atom is 0.245 e. The average Bonchev–Trinajstić information content (AvgIpc) is 4.06. The molecule has 292 valence electrons. The molecule has 5 aromatic rings. The number of H-pyrrole nitrogens is 1. The van der Waals surface area contributed by atoms with Gasteiger partial charge in [0.2, 0.25) is 11.8 Å². The second-order valence-electron chi connectivity index (χ2n) is 15.7. The number of amides is 2. The molecule has 0 aliphatic carbocycles. The maximum absolute atomic E-state index is 13.9. The van der Waals surface area contributed by atoms with Crippen molar-refractivity contribution in [2.24, 2.45) is 4.99 Å². The second kappa shape index (κ2) is 16.7. The lowest BCUT2D eigenvalue weighted by Crippen LogP contribution is -2.45. The summed E-state index contributed by atoms with van der Waals surface area (Å²) in [7, 11) is 7.85. The molecule has 2 saturated heterocycles. The number of imidazole rings is 1. The lowest BCUT2D eigenvalue weighted by molar-refractivity contribution is -0.137. The van der Waals surface area contributed by atoms with E-state index in [0.717, 1.165) is 95.2 Å². The summed E-state index contributed by atoms with van der Waals surface area (Å²) in [4.78, 5) is 49.0. The number of nitrogens with zero attached hydrogens (tertiary/aromatic N) is 6. The van der Waals surface area contributed by atoms with E-state index in [-0.39, 0.29) is 36.0 Å². The molecule has 4 atom stereocenters. The summed E-state index contributed by atoms with van der Waals surface area (Å²) in [5.74, 6) is 2.52. The molecule has 0 spiro atoms. The number of nitrogens with one attached hydrogen (secondary N) is 1. The summed E-state index contributed by atoms with van der Waals surface area (Å²) in [6, 6.07) is 35.4. The van der Waals surface area contributed by atoms with Gasteiger partial charge in [-0.15, -0.1) is 0 Å². The summed E-state index contributed by atoms with van der Waals surface area (Å²) in [5.41, 5.74) is 7.19. The van der Waals surface area contributed by atoms with Crippen LogP contribution in [0.4, 0.5) is 0 Å². The number of carbonyl (C=O) groups excluding carboxylic acids is 2. The second-order valence-corrected chi connectivity index (χ2v) is 15.7. The van der Waals surface area contributed by atoms with Gasteiger partial charge in [0.15, 0.2) is 0 Å². The Labute approximate surface area is 335 Å². The fraction of sp³-hybridized carbons (Fsp3) is 0.319. The van der Waals surface area contributed by atoms with Gasteiger partial charge in [0, 0.05) is 31.4 Å². The van der Waals surface area contributed by atoms with E-state index in [2.05, 4.69) is 17.1 Å². The van der Waals surface area contributed by atoms with Crippen LogP contribution in [0.15, 0.2) is 127 Å². The molecule has 57 heavy (non-hydrogen) atoms. The quantitative estimate of drug-likeness (QED) is 0.137. The number of aromatic amines is 1. The van der Waals surface area contributed by atoms with Crippen LogP contribution in [-0.2, 0) is 9.59 Å². The highest BCUT2D eigenvalue weighted by molar-refractivity contribution is 6.03. The summed E-state index contributed by atoms with van der Waals surface area (Å²) in [6.45, 7) is 1.46. The molecule has 0 radical (unpaired) electrons. The minimum absolute atomic E-state index is 0.0127. The number of benzene rings is 4. The van der Waals surface area contributed by atoms with E-state index in [4.69, 9.17) is 14.7 Å². The number of likely N-dealkylation sites (N-methyl/N-ethyl adjacent to an activating group) is 2. The first-order valence-corrected chi connectivity index (χ1v) is 20.0. The van der Waals surface area contributed by atoms with E-state index in [1.807, 2.05) is 157 Å². The summed E-state index contributed by atoms with van der Waals surface area (Å²) < 4.78 is 6.24. The summed E-state index contributed by atoms with van der Waals surface area (Å²) >= 11 is 0. The Morgan fingerprint density at radius 3 is 1.74 bits per heavy atom. The average molecular weight is 762 g/mol. The van der Waals surface area contributed by atoms with Crippen LogP contribution in [0, 0.1) is 0 Å². The van der Waals surface area contributed by atoms with Crippen LogP contribution in [0.3, 0.4) is 0 Å². The van der Waals surface area contributed by atoms with Crippen molar-refractivity contribution in [3.63, 3.8) is 0 Å². The fourth-order valence-electron chi connectivity index (χ4n) is 8.66. The van der Waals surface area contributed by atoms with E-state index in [9.17, 15) is 9.59 Å². The Balaban J connectivity index is 0.872. The number of rotatable bonds is 12. The molecular weight excluding hydrogens is 711 g/mol. The van der Waals surface area contributed by atoms with E-state index in [0.29, 0.717) is 6.54 Å². The van der Waals surface area contributed by atoms with Gasteiger partial charge in [-0.2, -0.15) is 0 Å². The van der Waals surface area contributed by atoms with Gasteiger partial charge in [-0.1, -0.05) is 72.8 Å². The van der Waals surface area contributed by atoms with E-state index >= 15 is 0 Å². The van der Waals surface area contributed by atoms with Gasteiger partial charge in [-0.25, -0.2) is 4.98 Å². The Kier molecular flexibility index (Phi) is 11.2. The SMILES string of the molecule is CN(C)[C@@H](C(=O)N1CCC[C@H]1C1=NC=C(c2ccc(Oc3ccc(-c4cnc([C@@H]5CCCN5C(=O)[C@@H](c5ccccc5)N(C)C)[nH]4)cc3)cc2)C1)c1ccccc1. The van der Waals surface area contributed by atoms with Gasteiger partial charge in [-0.05, 0) is 118 Å². The zero-order chi connectivity index (χ0) is 39.5. The van der Waals surface area contributed by atoms with Crippen molar-refractivity contribution in [1.82, 2.24) is 29.6 Å². The van der Waals surface area contributed by atoms with Gasteiger partial charge in [-0.3, -0.25) is 24.4 Å². The van der Waals surface area contributed by atoms with Gasteiger partial charge in [0.25, 0.3) is 0 Å². The number of aliphatic imine (C=N–C) groups is 1. The third kappa shape index (κ3) is 8.06. The molecule has 10 heteroatoms. The lowest BCUT2D eigenvalue weighted by Gasteiger charge is -2.32. The third-order valence-electron chi connectivity index (χ3n) is 11.5. The van der Waals surface area contributed by atoms with Gasteiger partial charge < -0.3 is 19.5 Å². The number of allylic oxidation sites excluding steroid dienone is 1. The van der Waals surface area contributed by atoms with Crippen LogP contribution in [-0.4, -0.2) is 94.4 Å². The maximum atomic E-state index is 13.9. The standard InChI is InChI=1S/C47H51N7O3/c1-51(2)43(34-13-7-5-8-14-34)46(55)53-27-11-17-41(53)39-29-36(30-48-39)32-19-23-37(24-20-32)57-38-25-21-33(22-26-38)40-31-49-45(50-40)42-18-12-28-54(42)47(56)44(52(3)4)35-15-9-6-10-16-35/h5-10,13-16,19-26,30-31,41-44H,11-12,17-18,27-29H2,1-4H3,(H,49,50)/t41-,42-,43+,44+/m0/s1. The molecule has 4 heterocycles. The molecule has 3 aliphatic heterocycles. The van der Waals surface area contributed by atoms with Gasteiger partial charge >= 0.3 is 0 Å². The van der Waals surface area contributed by atoms with Crippen LogP contribution in [0.2, 0.25) is 0 Å². The number of ether oxygens (including phenoxy) is 1. The molecule has 0 bridgehead atoms. The van der Waals surface area contributed by atoms with E-state index in [1.54, 1.807) is 0 Å². The van der Waals surface area contributed by atoms with Crippen LogP contribution < -0.4 is 4.74 Å². The molecule has 10 nitrogen and oxygen atoms in total. The van der Waals surface area contributed by atoms with Crippen molar-refractivity contribution in [2.75, 3.05) is 41.3 Å². The van der Waals surface area contributed by atoms with E-state index in [1.165, 1.54) is 0 Å². The van der Waals surface area contributed by atoms with Crippen molar-refractivity contribution in [2.45, 2.75) is 56.3 Å². The molecule has 0 unspecified atom stereocenters. The zero-order valence-electron chi connectivity index (χ0n) is 33.2. The summed E-state index contributed by atoms with van der Waals surface area (Å²) in [5, 5.41) is 0. The first-order chi connectivity index (χ1) is 27.7. The Bertz CT molecular complexity index is 2230. The predicted molar refractivity (Wildman–Crippen MR) is 225 cm³/mol. The topological polar surface area (TPSA) is 97.4 Å². The van der Waals surface area contributed by atoms with Crippen LogP contribution in [0.25, 0.3) is 16.8 Å². The predicted octanol–water partition coefficient (Wildman–Crippen LogP) is 8.31. The number of hydrogen-bond donors (Lipinski definition) is 1. The van der Waals surface area contributed by atoms with Crippen molar-refractivity contribution in [3.8, 4) is 22.8 Å². The fourth-order valence-corrected chi connectivity index (χ4v) is 8.66. The normalized spacial score (nSPS) is 19.2. The van der Waals surface area contributed by atoms with Crippen molar-refractivity contribution in [1.29, 1.82) is 0 Å². The molecule has 1 N–H and O–H groups in total. The number of carbonyl (C=O) groups is 2. The van der Waals surface area contributed by atoms with Gasteiger partial charge in [0.1, 0.15) is 29.4 Å². The van der Waals surface area contributed by atoms with Crippen molar-refractivity contribution in [3.05, 3.63) is 144 Å². The molecule has 1 aromatic heterocycles. The monoisotopic (exact) mass is 761 g/mol. The minimum Gasteiger partial charge on any atom is -0.457 e. The lowest BCUT2D eigenvalue weighted by atomic mass is 9.97. The highest BCUT2D eigenvalue weighted by Gasteiger charge is 2.39. The molecule has 4 aromatic carbocycles. The molecule has 2 fully saturated rings. The molecule has 2 amide bonds. The number of aromatic nitrogens is 2. The first kappa shape index (κ1) is 38.1. The van der Waals surface area contributed by atoms with Crippen LogP contribution in [0.5, 0.6) is 11.5 Å². The Hall–Kier alpha value is -5.84. The number of hydrogen-bond acceptors (Lipinski definition) is 7. The van der Waals surface area contributed by atoms with Crippen molar-refractivity contribution >= 4 is 23.1 Å². The molecule has 0 saturated carbocycles. The Morgan fingerprint density at radius 2 is 1.19 bits per heavy atom. The van der Waals surface area contributed by atoms with E-state index < -0.39 is 0 Å². The smallest absolute Gasteiger partial charge is 0.245 e. The highest BCUT2D eigenvalue weighted by atomic mass is 16.5. The van der Waals surface area contributed by atoms with Gasteiger partial charge in [0.05, 0.1) is 24.0 Å². The zero-order valence-corrected chi connectivity index (χ0v) is 33.2. The minimum atomic E-state index is -0.347. The largest absolute Gasteiger partial charge is 0.457 e. The van der Waals surface area contributed by atoms with Crippen molar-refractivity contribution < 1.29 is 14.3 Å². The summed E-state index contributed by atoms with van der Waals surface area (Å²) in [6.07, 6.45) is 8.26. The third-order valence-corrected chi connectivity index (χ3v) is 11.5. The van der Waals surface area contributed by atoms with Crippen LogP contribution >= 0.6 is 0 Å². The molecule has 3 aliphatic rings. The molecular formula is C47H51N7O3. The highest BCUT2D eigenvalue weighted by Crippen LogP contribution is 2.36. The Morgan fingerprint density at radius 1 is 0.684 bits per heavy atom. The number of likely N-dealkylation sites (tertiary alicyclic amines) is 2. The first-order valence-electron chi connectivity index (χ1n) is 20.0. The molecule has 8 rings (SSSR count). The van der Waals surface area contributed by atoms with Crippen LogP contribution in [0.1, 0.15) is 72.7 Å².